The highest BCUT2D eigenvalue weighted by Gasteiger charge is 2.26. The van der Waals surface area contributed by atoms with Gasteiger partial charge in [0.05, 0.1) is 12.9 Å². The number of methoxy groups -OCH3 is 1. The van der Waals surface area contributed by atoms with Gasteiger partial charge in [0.25, 0.3) is 5.91 Å². The number of carbonyl (C=O) groups is 1. The van der Waals surface area contributed by atoms with Crippen LogP contribution in [0.1, 0.15) is 6.42 Å². The Morgan fingerprint density at radius 3 is 2.25 bits per heavy atom. The number of halogens is 1. The Labute approximate surface area is 194 Å². The first-order chi connectivity index (χ1) is 15.4. The molecular formula is C22H28ClN3O5S. The Morgan fingerprint density at radius 1 is 1.00 bits per heavy atom. The van der Waals surface area contributed by atoms with Crippen LogP contribution < -0.4 is 19.7 Å². The van der Waals surface area contributed by atoms with Crippen molar-refractivity contribution >= 4 is 33.2 Å². The van der Waals surface area contributed by atoms with Crippen molar-refractivity contribution in [3.63, 3.8) is 0 Å². The molecule has 32 heavy (non-hydrogen) atoms. The van der Waals surface area contributed by atoms with Crippen LogP contribution in [0, 0.1) is 0 Å². The van der Waals surface area contributed by atoms with Gasteiger partial charge in [-0.1, -0.05) is 11.6 Å². The second kappa shape index (κ2) is 11.4. The molecule has 0 unspecified atom stereocenters. The molecule has 0 atom stereocenters. The van der Waals surface area contributed by atoms with Crippen molar-refractivity contribution in [2.45, 2.75) is 6.42 Å². The highest BCUT2D eigenvalue weighted by Crippen LogP contribution is 2.21. The second-order valence-electron chi connectivity index (χ2n) is 7.35. The summed E-state index contributed by atoms with van der Waals surface area (Å²) < 4.78 is 37.3. The lowest BCUT2D eigenvalue weighted by atomic mass is 10.2. The zero-order valence-corrected chi connectivity index (χ0v) is 19.6. The van der Waals surface area contributed by atoms with Crippen LogP contribution in [0.2, 0.25) is 5.02 Å². The maximum absolute atomic E-state index is 12.6. The molecule has 0 radical (unpaired) electrons. The fourth-order valence-corrected chi connectivity index (χ4v) is 4.97. The molecule has 0 bridgehead atoms. The molecule has 8 nitrogen and oxygen atoms in total. The van der Waals surface area contributed by atoms with Gasteiger partial charge in [-0.3, -0.25) is 4.79 Å². The number of benzene rings is 2. The first kappa shape index (κ1) is 24.2. The smallest absolute Gasteiger partial charge is 0.257 e. The Morgan fingerprint density at radius 2 is 1.62 bits per heavy atom. The van der Waals surface area contributed by atoms with Gasteiger partial charge in [0.15, 0.2) is 6.61 Å². The maximum atomic E-state index is 12.6. The Balaban J connectivity index is 1.35. The van der Waals surface area contributed by atoms with Gasteiger partial charge < -0.3 is 19.7 Å². The van der Waals surface area contributed by atoms with Crippen molar-refractivity contribution in [1.29, 1.82) is 0 Å². The summed E-state index contributed by atoms with van der Waals surface area (Å²) in [5, 5.41) is 3.27. The van der Waals surface area contributed by atoms with E-state index in [-0.39, 0.29) is 24.8 Å². The van der Waals surface area contributed by atoms with Gasteiger partial charge in [-0.25, -0.2) is 8.42 Å². The van der Waals surface area contributed by atoms with Gasteiger partial charge in [0.2, 0.25) is 10.0 Å². The van der Waals surface area contributed by atoms with Gasteiger partial charge in [0.1, 0.15) is 11.5 Å². The van der Waals surface area contributed by atoms with E-state index in [2.05, 4.69) is 10.2 Å². The third-order valence-electron chi connectivity index (χ3n) is 5.15. The van der Waals surface area contributed by atoms with Crippen molar-refractivity contribution in [1.82, 2.24) is 9.62 Å². The van der Waals surface area contributed by atoms with Crippen LogP contribution in [0.5, 0.6) is 11.5 Å². The monoisotopic (exact) mass is 481 g/mol. The molecule has 3 rings (SSSR count). The number of rotatable bonds is 10. The highest BCUT2D eigenvalue weighted by molar-refractivity contribution is 7.89. The molecule has 10 heteroatoms. The molecule has 2 aromatic rings. The summed E-state index contributed by atoms with van der Waals surface area (Å²) in [6.07, 6.45) is 0.341. The number of hydrogen-bond acceptors (Lipinski definition) is 6. The fraction of sp³-hybridized carbons (Fsp3) is 0.409. The fourth-order valence-electron chi connectivity index (χ4n) is 3.36. The van der Waals surface area contributed by atoms with Crippen LogP contribution in [0.15, 0.2) is 48.5 Å². The molecule has 0 saturated carbocycles. The van der Waals surface area contributed by atoms with Crippen molar-refractivity contribution < 1.29 is 22.7 Å². The summed E-state index contributed by atoms with van der Waals surface area (Å²) in [6, 6.07) is 14.4. The van der Waals surface area contributed by atoms with Crippen molar-refractivity contribution in [2.75, 3.05) is 57.1 Å². The minimum atomic E-state index is -3.37. The molecule has 1 aliphatic heterocycles. The number of sulfonamides is 1. The summed E-state index contributed by atoms with van der Waals surface area (Å²) in [5.74, 6) is 1.03. The Hall–Kier alpha value is -2.49. The SMILES string of the molecule is COc1ccc(N2CCN(S(=O)(=O)CCCNC(=O)COc3ccc(Cl)cc3)CC2)cc1. The zero-order valence-electron chi connectivity index (χ0n) is 18.0. The standard InChI is InChI=1S/C22H28ClN3O5S/c1-30-20-9-5-19(6-10-20)25-12-14-26(15-13-25)32(28,29)16-2-11-24-22(27)17-31-21-7-3-18(23)4-8-21/h3-10H,2,11-17H2,1H3,(H,24,27). The maximum Gasteiger partial charge on any atom is 0.257 e. The van der Waals surface area contributed by atoms with Gasteiger partial charge in [-0.05, 0) is 55.0 Å². The third-order valence-corrected chi connectivity index (χ3v) is 7.36. The van der Waals surface area contributed by atoms with Crippen LogP contribution in [-0.2, 0) is 14.8 Å². The quantitative estimate of drug-likeness (QED) is 0.524. The summed E-state index contributed by atoms with van der Waals surface area (Å²) in [6.45, 7) is 2.27. The van der Waals surface area contributed by atoms with Crippen LogP contribution in [-0.4, -0.2) is 70.8 Å². The lowest BCUT2D eigenvalue weighted by molar-refractivity contribution is -0.123. The molecule has 1 heterocycles. The number of piperazine rings is 1. The van der Waals surface area contributed by atoms with E-state index in [4.69, 9.17) is 21.1 Å². The average molecular weight is 482 g/mol. The number of anilines is 1. The summed E-state index contributed by atoms with van der Waals surface area (Å²) in [5.41, 5.74) is 1.05. The van der Waals surface area contributed by atoms with E-state index in [1.54, 1.807) is 31.4 Å². The molecule has 1 N–H and O–H groups in total. The van der Waals surface area contributed by atoms with Gasteiger partial charge in [-0.2, -0.15) is 4.31 Å². The topological polar surface area (TPSA) is 88.2 Å². The lowest BCUT2D eigenvalue weighted by Gasteiger charge is -2.35. The zero-order chi connectivity index (χ0) is 23.0. The number of ether oxygens (including phenoxy) is 2. The lowest BCUT2D eigenvalue weighted by Crippen LogP contribution is -2.49. The van der Waals surface area contributed by atoms with Crippen LogP contribution in [0.25, 0.3) is 0 Å². The summed E-state index contributed by atoms with van der Waals surface area (Å²) in [7, 11) is -1.74. The molecule has 1 saturated heterocycles. The van der Waals surface area contributed by atoms with E-state index in [0.29, 0.717) is 43.4 Å². The number of carbonyl (C=O) groups excluding carboxylic acids is 1. The molecule has 2 aromatic carbocycles. The number of amides is 1. The van der Waals surface area contributed by atoms with Gasteiger partial charge >= 0.3 is 0 Å². The second-order valence-corrected chi connectivity index (χ2v) is 9.87. The molecule has 1 aliphatic rings. The number of nitrogens with one attached hydrogen (secondary N) is 1. The molecule has 174 valence electrons. The van der Waals surface area contributed by atoms with Crippen molar-refractivity contribution in [2.24, 2.45) is 0 Å². The minimum Gasteiger partial charge on any atom is -0.497 e. The first-order valence-electron chi connectivity index (χ1n) is 10.4. The third kappa shape index (κ3) is 7.01. The summed E-state index contributed by atoms with van der Waals surface area (Å²) in [4.78, 5) is 14.0. The van der Waals surface area contributed by atoms with Crippen LogP contribution in [0.4, 0.5) is 5.69 Å². The molecule has 1 fully saturated rings. The Bertz CT molecular complexity index is 976. The van der Waals surface area contributed by atoms with Crippen molar-refractivity contribution in [3.05, 3.63) is 53.6 Å². The predicted octanol–water partition coefficient (Wildman–Crippen LogP) is 2.39. The molecule has 0 aliphatic carbocycles. The molecule has 0 spiro atoms. The van der Waals surface area contributed by atoms with E-state index in [1.165, 1.54) is 4.31 Å². The van der Waals surface area contributed by atoms with E-state index in [1.807, 2.05) is 24.3 Å². The van der Waals surface area contributed by atoms with E-state index >= 15 is 0 Å². The van der Waals surface area contributed by atoms with Gasteiger partial charge in [-0.15, -0.1) is 0 Å². The minimum absolute atomic E-state index is 0.00609. The predicted molar refractivity (Wildman–Crippen MR) is 125 cm³/mol. The van der Waals surface area contributed by atoms with E-state index < -0.39 is 10.0 Å². The first-order valence-corrected chi connectivity index (χ1v) is 12.4. The van der Waals surface area contributed by atoms with Crippen LogP contribution >= 0.6 is 11.6 Å². The largest absolute Gasteiger partial charge is 0.497 e. The number of hydrogen-bond donors (Lipinski definition) is 1. The Kier molecular flexibility index (Phi) is 8.60. The summed E-state index contributed by atoms with van der Waals surface area (Å²) >= 11 is 5.80. The molecule has 1 amide bonds. The molecule has 0 aromatic heterocycles. The average Bonchev–Trinajstić information content (AvgIpc) is 2.81. The number of nitrogens with zero attached hydrogens (tertiary/aromatic N) is 2. The van der Waals surface area contributed by atoms with E-state index in [0.717, 1.165) is 11.4 Å². The van der Waals surface area contributed by atoms with Crippen LogP contribution in [0.3, 0.4) is 0 Å². The normalized spacial score (nSPS) is 14.8. The molecular weight excluding hydrogens is 454 g/mol. The highest BCUT2D eigenvalue weighted by atomic mass is 35.5. The van der Waals surface area contributed by atoms with Crippen molar-refractivity contribution in [3.8, 4) is 11.5 Å². The van der Waals surface area contributed by atoms with E-state index in [9.17, 15) is 13.2 Å². The van der Waals surface area contributed by atoms with Gasteiger partial charge in [0, 0.05) is 43.4 Å².